The van der Waals surface area contributed by atoms with Gasteiger partial charge in [-0.15, -0.1) is 0 Å². The molecule has 0 bridgehead atoms. The summed E-state index contributed by atoms with van der Waals surface area (Å²) in [4.78, 5) is 2.47. The van der Waals surface area contributed by atoms with E-state index >= 15 is 0 Å². The molecule has 0 radical (unpaired) electrons. The van der Waals surface area contributed by atoms with Gasteiger partial charge in [0.15, 0.2) is 5.69 Å². The summed E-state index contributed by atoms with van der Waals surface area (Å²) in [6, 6.07) is 1.58. The van der Waals surface area contributed by atoms with Crippen LogP contribution in [0.4, 0.5) is 13.2 Å². The Morgan fingerprint density at radius 3 is 2.38 bits per heavy atom. The zero-order chi connectivity index (χ0) is 21.1. The number of piperidine rings is 1. The van der Waals surface area contributed by atoms with Crippen molar-refractivity contribution in [1.29, 1.82) is 0 Å². The second kappa shape index (κ2) is 9.55. The Morgan fingerprint density at radius 2 is 1.79 bits per heavy atom. The fourth-order valence-electron chi connectivity index (χ4n) is 4.14. The molecule has 1 atom stereocenters. The van der Waals surface area contributed by atoms with Crippen LogP contribution in [0.3, 0.4) is 0 Å². The lowest BCUT2D eigenvalue weighted by atomic mass is 9.88. The third-order valence-electron chi connectivity index (χ3n) is 5.74. The van der Waals surface area contributed by atoms with Gasteiger partial charge in [-0.25, -0.2) is 4.31 Å². The van der Waals surface area contributed by atoms with E-state index in [1.807, 2.05) is 13.8 Å². The Morgan fingerprint density at radius 1 is 1.14 bits per heavy atom. The highest BCUT2D eigenvalue weighted by Gasteiger charge is 2.45. The summed E-state index contributed by atoms with van der Waals surface area (Å²) in [5.41, 5.74) is -0.919. The maximum atomic E-state index is 12.8. The summed E-state index contributed by atoms with van der Waals surface area (Å²) in [5.74, 6) is 0. The molecule has 4 heterocycles. The summed E-state index contributed by atoms with van der Waals surface area (Å²) in [5, 5.41) is 4.09. The molecule has 0 saturated carbocycles. The molecule has 3 fully saturated rings. The third kappa shape index (κ3) is 5.46. The molecule has 1 aromatic rings. The van der Waals surface area contributed by atoms with Crippen LogP contribution in [0, 0.1) is 0 Å². The van der Waals surface area contributed by atoms with Gasteiger partial charge in [-0.1, -0.05) is 13.8 Å². The van der Waals surface area contributed by atoms with Crippen LogP contribution in [0.15, 0.2) is 11.1 Å². The van der Waals surface area contributed by atoms with Gasteiger partial charge in [0, 0.05) is 45.3 Å². The highest BCUT2D eigenvalue weighted by Crippen LogP contribution is 2.40. The van der Waals surface area contributed by atoms with Crippen molar-refractivity contribution < 1.29 is 22.6 Å². The number of hydrogen-bond acceptors (Lipinski definition) is 6. The van der Waals surface area contributed by atoms with Gasteiger partial charge in [-0.3, -0.25) is 9.58 Å². The van der Waals surface area contributed by atoms with E-state index in [4.69, 9.17) is 9.47 Å². The molecule has 10 heteroatoms. The van der Waals surface area contributed by atoms with Crippen molar-refractivity contribution in [3.05, 3.63) is 11.8 Å². The van der Waals surface area contributed by atoms with Crippen molar-refractivity contribution in [1.82, 2.24) is 19.0 Å². The number of hydrogen-bond donors (Lipinski definition) is 0. The lowest BCUT2D eigenvalue weighted by Gasteiger charge is -2.38. The maximum Gasteiger partial charge on any atom is 0.435 e. The first-order valence-corrected chi connectivity index (χ1v) is 11.1. The second-order valence-electron chi connectivity index (χ2n) is 7.51. The number of ether oxygens (including phenoxy) is 2. The van der Waals surface area contributed by atoms with Gasteiger partial charge in [-0.2, -0.15) is 18.3 Å². The zero-order valence-corrected chi connectivity index (χ0v) is 18.2. The Bertz CT molecular complexity index is 656. The number of morpholine rings is 1. The number of halogens is 3. The first-order valence-electron chi connectivity index (χ1n) is 10.3. The smallest absolute Gasteiger partial charge is 0.379 e. The number of aryl methyl sites for hydroxylation is 1. The van der Waals surface area contributed by atoms with Gasteiger partial charge < -0.3 is 9.47 Å². The molecule has 1 aromatic heterocycles. The van der Waals surface area contributed by atoms with Crippen molar-refractivity contribution in [3.63, 3.8) is 0 Å². The normalized spacial score (nSPS) is 25.8. The van der Waals surface area contributed by atoms with Gasteiger partial charge in [0.2, 0.25) is 0 Å². The average Bonchev–Trinajstić information content (AvgIpc) is 3.30. The van der Waals surface area contributed by atoms with E-state index in [0.717, 1.165) is 71.3 Å². The Kier molecular flexibility index (Phi) is 7.53. The molecule has 3 aliphatic heterocycles. The van der Waals surface area contributed by atoms with Crippen LogP contribution >= 0.6 is 11.9 Å². The molecule has 0 N–H and O–H groups in total. The zero-order valence-electron chi connectivity index (χ0n) is 17.4. The number of alkyl halides is 3. The topological polar surface area (TPSA) is 42.8 Å². The molecule has 29 heavy (non-hydrogen) atoms. The molecular weight excluding hydrogens is 405 g/mol. The van der Waals surface area contributed by atoms with Gasteiger partial charge in [-0.05, 0) is 31.2 Å². The maximum absolute atomic E-state index is 12.8. The van der Waals surface area contributed by atoms with E-state index in [1.54, 1.807) is 7.05 Å². The van der Waals surface area contributed by atoms with Crippen molar-refractivity contribution >= 4 is 11.9 Å². The minimum atomic E-state index is -4.41. The van der Waals surface area contributed by atoms with Crippen LogP contribution in [-0.4, -0.2) is 76.6 Å². The minimum Gasteiger partial charge on any atom is -0.379 e. The SMILES string of the molecule is CC.Cn1nc(C(F)(F)F)cc1SN1CCC2(CC1)C[C@H](N1CCOCC1)CO2. The van der Waals surface area contributed by atoms with Crippen LogP contribution in [0.5, 0.6) is 0 Å². The summed E-state index contributed by atoms with van der Waals surface area (Å²) in [6.45, 7) is 9.88. The second-order valence-corrected chi connectivity index (χ2v) is 8.63. The van der Waals surface area contributed by atoms with Crippen molar-refractivity contribution in [2.75, 3.05) is 46.0 Å². The average molecular weight is 437 g/mol. The minimum absolute atomic E-state index is 0.0797. The van der Waals surface area contributed by atoms with Crippen LogP contribution in [0.25, 0.3) is 0 Å². The Balaban J connectivity index is 0.00000117. The van der Waals surface area contributed by atoms with Gasteiger partial charge in [0.1, 0.15) is 5.03 Å². The van der Waals surface area contributed by atoms with Crippen molar-refractivity contribution in [2.45, 2.75) is 56.0 Å². The molecule has 166 valence electrons. The third-order valence-corrected chi connectivity index (χ3v) is 6.93. The predicted octanol–water partition coefficient (Wildman–Crippen LogP) is 3.43. The molecule has 0 amide bonds. The highest BCUT2D eigenvalue weighted by atomic mass is 32.2. The molecule has 4 rings (SSSR count). The van der Waals surface area contributed by atoms with E-state index in [9.17, 15) is 13.2 Å². The molecular formula is C19H31F3N4O2S. The summed E-state index contributed by atoms with van der Waals surface area (Å²) < 4.78 is 53.6. The first kappa shape index (κ1) is 22.9. The van der Waals surface area contributed by atoms with Crippen molar-refractivity contribution in [2.24, 2.45) is 7.05 Å². The van der Waals surface area contributed by atoms with E-state index in [0.29, 0.717) is 11.1 Å². The Labute approximate surface area is 174 Å². The van der Waals surface area contributed by atoms with Crippen LogP contribution in [0.1, 0.15) is 38.8 Å². The largest absolute Gasteiger partial charge is 0.435 e. The van der Waals surface area contributed by atoms with Crippen LogP contribution < -0.4 is 0 Å². The van der Waals surface area contributed by atoms with Crippen LogP contribution in [-0.2, 0) is 22.7 Å². The van der Waals surface area contributed by atoms with Crippen molar-refractivity contribution in [3.8, 4) is 0 Å². The molecule has 3 saturated heterocycles. The lowest BCUT2D eigenvalue weighted by molar-refractivity contribution is -0.141. The number of nitrogens with zero attached hydrogens (tertiary/aromatic N) is 4. The summed E-state index contributed by atoms with van der Waals surface area (Å²) >= 11 is 1.35. The molecule has 0 unspecified atom stereocenters. The lowest BCUT2D eigenvalue weighted by Crippen LogP contribution is -2.46. The molecule has 6 nitrogen and oxygen atoms in total. The van der Waals surface area contributed by atoms with Crippen LogP contribution in [0.2, 0.25) is 0 Å². The number of aromatic nitrogens is 2. The molecule has 3 aliphatic rings. The fourth-order valence-corrected chi connectivity index (χ4v) is 5.09. The molecule has 0 aromatic carbocycles. The van der Waals surface area contributed by atoms with E-state index in [2.05, 4.69) is 14.3 Å². The first-order chi connectivity index (χ1) is 13.8. The molecule has 1 spiro atoms. The Hall–Kier alpha value is -0.810. The summed E-state index contributed by atoms with van der Waals surface area (Å²) in [6.07, 6.45) is -1.56. The van der Waals surface area contributed by atoms with Gasteiger partial charge in [0.05, 0.1) is 25.4 Å². The quantitative estimate of drug-likeness (QED) is 0.677. The predicted molar refractivity (Wildman–Crippen MR) is 106 cm³/mol. The monoisotopic (exact) mass is 436 g/mol. The molecule has 0 aliphatic carbocycles. The van der Waals surface area contributed by atoms with E-state index < -0.39 is 11.9 Å². The summed E-state index contributed by atoms with van der Waals surface area (Å²) in [7, 11) is 1.55. The standard InChI is InChI=1S/C17H25F3N4O2S.C2H6/c1-22-15(10-14(21-22)17(18,19)20)27-24-4-2-16(3-5-24)11-13(12-26-16)23-6-8-25-9-7-23;1-2/h10,13H,2-9,11-12H2,1H3;1-2H3/t13-;/m0./s1. The van der Waals surface area contributed by atoms with E-state index in [-0.39, 0.29) is 5.60 Å². The fraction of sp³-hybridized carbons (Fsp3) is 0.842. The van der Waals surface area contributed by atoms with Gasteiger partial charge >= 0.3 is 6.18 Å². The van der Waals surface area contributed by atoms with Gasteiger partial charge in [0.25, 0.3) is 0 Å². The van der Waals surface area contributed by atoms with E-state index in [1.165, 1.54) is 16.6 Å². The highest BCUT2D eigenvalue weighted by molar-refractivity contribution is 7.97. The number of rotatable bonds is 3.